The van der Waals surface area contributed by atoms with E-state index in [1.165, 1.54) is 30.8 Å². The fourth-order valence-corrected chi connectivity index (χ4v) is 2.88. The van der Waals surface area contributed by atoms with Crippen molar-refractivity contribution in [1.82, 2.24) is 15.1 Å². The van der Waals surface area contributed by atoms with E-state index in [4.69, 9.17) is 4.42 Å². The van der Waals surface area contributed by atoms with Crippen LogP contribution in [0, 0.1) is 0 Å². The fraction of sp³-hybridized carbons (Fsp3) is 0.150. The van der Waals surface area contributed by atoms with E-state index in [1.54, 1.807) is 0 Å². The normalized spacial score (nSPS) is 12.6. The Labute approximate surface area is 176 Å². The molecule has 2 heterocycles. The molecule has 3 aromatic rings. The number of nitrogens with zero attached hydrogens (tertiary/aromatic N) is 2. The maximum Gasteiger partial charge on any atom is 0.416 e. The van der Waals surface area contributed by atoms with Crippen LogP contribution in [0.5, 0.6) is 0 Å². The van der Waals surface area contributed by atoms with Gasteiger partial charge in [-0.15, -0.1) is 0 Å². The number of imide groups is 1. The summed E-state index contributed by atoms with van der Waals surface area (Å²) in [6.07, 6.45) is -4.89. The van der Waals surface area contributed by atoms with Crippen LogP contribution < -0.4 is 5.32 Å². The first-order valence-corrected chi connectivity index (χ1v) is 8.79. The van der Waals surface area contributed by atoms with Gasteiger partial charge in [-0.1, -0.05) is 6.07 Å². The molecule has 0 aliphatic carbocycles. The van der Waals surface area contributed by atoms with Gasteiger partial charge in [-0.05, 0) is 29.8 Å². The van der Waals surface area contributed by atoms with Gasteiger partial charge in [0, 0.05) is 23.4 Å². The minimum absolute atomic E-state index is 0.0533. The van der Waals surface area contributed by atoms with E-state index >= 15 is 0 Å². The van der Waals surface area contributed by atoms with Crippen LogP contribution in [0.15, 0.2) is 59.5 Å². The summed E-state index contributed by atoms with van der Waals surface area (Å²) in [5.41, 5.74) is -2.83. The number of hydrogen-bond donors (Lipinski definition) is 1. The second-order valence-corrected chi connectivity index (χ2v) is 6.46. The number of aromatic nitrogens is 2. The third-order valence-electron chi connectivity index (χ3n) is 4.28. The summed E-state index contributed by atoms with van der Waals surface area (Å²) in [4.78, 5) is 22.2. The summed E-state index contributed by atoms with van der Waals surface area (Å²) >= 11 is 0. The summed E-state index contributed by atoms with van der Waals surface area (Å²) in [7, 11) is 0. The number of halogens is 6. The van der Waals surface area contributed by atoms with Crippen LogP contribution in [-0.4, -0.2) is 22.1 Å². The van der Waals surface area contributed by atoms with Crippen molar-refractivity contribution >= 4 is 17.9 Å². The third kappa shape index (κ3) is 5.25. The molecule has 1 N–H and O–H groups in total. The van der Waals surface area contributed by atoms with Crippen LogP contribution in [0.25, 0.3) is 5.57 Å². The highest BCUT2D eigenvalue weighted by Crippen LogP contribution is 2.37. The number of rotatable bonds is 6. The van der Waals surface area contributed by atoms with Crippen molar-refractivity contribution in [2.45, 2.75) is 18.9 Å². The lowest BCUT2D eigenvalue weighted by atomic mass is 10.0. The van der Waals surface area contributed by atoms with Crippen LogP contribution in [0.1, 0.15) is 28.0 Å². The number of carbonyl (C=O) groups is 2. The van der Waals surface area contributed by atoms with Crippen molar-refractivity contribution in [2.24, 2.45) is 0 Å². The molecule has 6 nitrogen and oxygen atoms in total. The van der Waals surface area contributed by atoms with Crippen molar-refractivity contribution in [2.75, 3.05) is 0 Å². The van der Waals surface area contributed by atoms with Gasteiger partial charge in [0.1, 0.15) is 5.76 Å². The Morgan fingerprint density at radius 3 is 2.47 bits per heavy atom. The number of amides is 2. The Bertz CT molecular complexity index is 1140. The monoisotopic (exact) mass is 457 g/mol. The first kappa shape index (κ1) is 22.8. The molecule has 2 amide bonds. The van der Waals surface area contributed by atoms with E-state index in [1.807, 2.05) is 5.32 Å². The average Bonchev–Trinajstić information content (AvgIpc) is 3.37. The molecule has 0 spiro atoms. The maximum atomic E-state index is 13.4. The molecule has 32 heavy (non-hydrogen) atoms. The SMILES string of the molecule is O=CNC(=O)C=C(c1cnn(Cc2ccc(C(F)(F)F)cc2C(F)(F)F)c1)c1ccco1. The van der Waals surface area contributed by atoms with Crippen LogP contribution in [0.2, 0.25) is 0 Å². The zero-order valence-electron chi connectivity index (χ0n) is 15.9. The van der Waals surface area contributed by atoms with E-state index in [0.717, 1.165) is 16.8 Å². The number of furan rings is 1. The second kappa shape index (κ2) is 8.73. The lowest BCUT2D eigenvalue weighted by molar-refractivity contribution is -0.143. The Kier molecular flexibility index (Phi) is 6.23. The van der Waals surface area contributed by atoms with Crippen LogP contribution in [0.3, 0.4) is 0 Å². The molecule has 168 valence electrons. The van der Waals surface area contributed by atoms with E-state index in [2.05, 4.69) is 5.10 Å². The number of alkyl halides is 6. The summed E-state index contributed by atoms with van der Waals surface area (Å²) < 4.78 is 84.9. The first-order valence-electron chi connectivity index (χ1n) is 8.79. The van der Waals surface area contributed by atoms with Crippen LogP contribution in [0.4, 0.5) is 26.3 Å². The summed E-state index contributed by atoms with van der Waals surface area (Å²) in [5.74, 6) is -0.558. The molecule has 0 unspecified atom stereocenters. The molecule has 0 saturated heterocycles. The van der Waals surface area contributed by atoms with Gasteiger partial charge in [0.2, 0.25) is 6.41 Å². The van der Waals surface area contributed by atoms with Crippen molar-refractivity contribution in [3.05, 3.63) is 83.1 Å². The predicted molar refractivity (Wildman–Crippen MR) is 97.8 cm³/mol. The molecule has 0 bridgehead atoms. The van der Waals surface area contributed by atoms with Crippen molar-refractivity contribution in [1.29, 1.82) is 0 Å². The predicted octanol–water partition coefficient (Wildman–Crippen LogP) is 4.27. The Morgan fingerprint density at radius 1 is 1.12 bits per heavy atom. The maximum absolute atomic E-state index is 13.4. The number of nitrogens with one attached hydrogen (secondary N) is 1. The van der Waals surface area contributed by atoms with Crippen molar-refractivity contribution in [3.8, 4) is 0 Å². The summed E-state index contributed by atoms with van der Waals surface area (Å²) in [5, 5.41) is 5.85. The molecule has 0 atom stereocenters. The Morgan fingerprint density at radius 2 is 1.88 bits per heavy atom. The minimum Gasteiger partial charge on any atom is -0.464 e. The number of benzene rings is 1. The molecule has 0 aliphatic rings. The zero-order valence-corrected chi connectivity index (χ0v) is 15.9. The van der Waals surface area contributed by atoms with E-state index < -0.39 is 41.5 Å². The molecule has 0 saturated carbocycles. The van der Waals surface area contributed by atoms with E-state index in [0.29, 0.717) is 6.07 Å². The van der Waals surface area contributed by atoms with Crippen LogP contribution in [-0.2, 0) is 28.5 Å². The quantitative estimate of drug-likeness (QED) is 0.341. The molecule has 12 heteroatoms. The highest BCUT2D eigenvalue weighted by molar-refractivity contribution is 6.02. The van der Waals surface area contributed by atoms with Gasteiger partial charge >= 0.3 is 12.4 Å². The smallest absolute Gasteiger partial charge is 0.416 e. The molecule has 0 aliphatic heterocycles. The van der Waals surface area contributed by atoms with Crippen LogP contribution >= 0.6 is 0 Å². The van der Waals surface area contributed by atoms with Gasteiger partial charge in [0.15, 0.2) is 0 Å². The first-order chi connectivity index (χ1) is 15.0. The lowest BCUT2D eigenvalue weighted by Crippen LogP contribution is -2.18. The molecular formula is C20H13F6N3O3. The lowest BCUT2D eigenvalue weighted by Gasteiger charge is -2.16. The second-order valence-electron chi connectivity index (χ2n) is 6.46. The fourth-order valence-electron chi connectivity index (χ4n) is 2.88. The zero-order chi connectivity index (χ0) is 23.5. The van der Waals surface area contributed by atoms with Gasteiger partial charge in [0.05, 0.1) is 30.1 Å². The Hall–Kier alpha value is -3.83. The van der Waals surface area contributed by atoms with Crippen molar-refractivity contribution < 1.29 is 40.3 Å². The largest absolute Gasteiger partial charge is 0.464 e. The van der Waals surface area contributed by atoms with E-state index in [9.17, 15) is 35.9 Å². The highest BCUT2D eigenvalue weighted by Gasteiger charge is 2.38. The number of hydrogen-bond acceptors (Lipinski definition) is 4. The number of carbonyl (C=O) groups excluding carboxylic acids is 2. The van der Waals surface area contributed by atoms with E-state index in [-0.39, 0.29) is 29.4 Å². The third-order valence-corrected chi connectivity index (χ3v) is 4.28. The molecule has 1 aromatic carbocycles. The van der Waals surface area contributed by atoms with Gasteiger partial charge in [-0.25, -0.2) is 0 Å². The summed E-state index contributed by atoms with van der Waals surface area (Å²) in [6, 6.07) is 4.40. The standard InChI is InChI=1S/C20H13F6N3O3/c21-19(22,23)14-4-3-12(16(6-14)20(24,25)26)9-29-10-13(8-28-29)15(7-18(31)27-11-30)17-2-1-5-32-17/h1-8,10-11H,9H2,(H,27,30,31). The molecule has 3 rings (SSSR count). The molecular weight excluding hydrogens is 444 g/mol. The minimum atomic E-state index is -5.02. The molecule has 0 radical (unpaired) electrons. The highest BCUT2D eigenvalue weighted by atomic mass is 19.4. The average molecular weight is 457 g/mol. The molecule has 2 aromatic heterocycles. The van der Waals surface area contributed by atoms with Gasteiger partial charge in [0.25, 0.3) is 5.91 Å². The van der Waals surface area contributed by atoms with Crippen molar-refractivity contribution in [3.63, 3.8) is 0 Å². The van der Waals surface area contributed by atoms with Gasteiger partial charge < -0.3 is 4.42 Å². The topological polar surface area (TPSA) is 77.1 Å². The van der Waals surface area contributed by atoms with Gasteiger partial charge in [-0.3, -0.25) is 19.6 Å². The summed E-state index contributed by atoms with van der Waals surface area (Å²) in [6.45, 7) is -0.487. The molecule has 0 fully saturated rings. The van der Waals surface area contributed by atoms with Gasteiger partial charge in [-0.2, -0.15) is 31.4 Å². The Balaban J connectivity index is 1.96.